The fraction of sp³-hybridized carbons (Fsp3) is 0.583. The second-order valence-corrected chi connectivity index (χ2v) is 8.60. The Morgan fingerprint density at radius 2 is 1.87 bits per heavy atom. The van der Waals surface area contributed by atoms with Gasteiger partial charge in [0.05, 0.1) is 25.5 Å². The van der Waals surface area contributed by atoms with Crippen molar-refractivity contribution in [3.63, 3.8) is 0 Å². The van der Waals surface area contributed by atoms with Crippen LogP contribution in [0.15, 0.2) is 35.5 Å². The Labute approximate surface area is 187 Å². The zero-order valence-corrected chi connectivity index (χ0v) is 19.8. The highest BCUT2D eigenvalue weighted by molar-refractivity contribution is 5.79. The number of nitrogens with one attached hydrogen (secondary N) is 1. The number of guanidine groups is 1. The summed E-state index contributed by atoms with van der Waals surface area (Å²) in [6, 6.07) is 8.84. The summed E-state index contributed by atoms with van der Waals surface area (Å²) in [6.07, 6.45) is 2.11. The van der Waals surface area contributed by atoms with Crippen molar-refractivity contribution in [1.29, 1.82) is 0 Å². The average molecular weight is 427 g/mol. The Bertz CT molecular complexity index is 836. The van der Waals surface area contributed by atoms with E-state index in [1.165, 1.54) is 16.7 Å². The van der Waals surface area contributed by atoms with Gasteiger partial charge in [-0.3, -0.25) is 9.58 Å². The molecule has 0 amide bonds. The predicted octanol–water partition coefficient (Wildman–Crippen LogP) is 2.97. The molecule has 3 rings (SSSR count). The van der Waals surface area contributed by atoms with Gasteiger partial charge in [0, 0.05) is 58.6 Å². The minimum atomic E-state index is 0.403. The Hall–Kier alpha value is -2.38. The van der Waals surface area contributed by atoms with E-state index in [2.05, 4.69) is 78.5 Å². The molecule has 0 atom stereocenters. The fourth-order valence-corrected chi connectivity index (χ4v) is 3.90. The lowest BCUT2D eigenvalue weighted by atomic mass is 10.1. The van der Waals surface area contributed by atoms with Crippen LogP contribution in [0.4, 0.5) is 0 Å². The SMILES string of the molecule is CCNC(=NCc1ccc(CN2CCOCC2)cc1)N(C)Cc1cn(C)nc1C(C)C. The number of aryl methyl sites for hydroxylation is 1. The highest BCUT2D eigenvalue weighted by Gasteiger charge is 2.15. The van der Waals surface area contributed by atoms with Gasteiger partial charge in [-0.2, -0.15) is 5.10 Å². The molecule has 1 aliphatic heterocycles. The van der Waals surface area contributed by atoms with E-state index >= 15 is 0 Å². The van der Waals surface area contributed by atoms with Crippen molar-refractivity contribution in [3.8, 4) is 0 Å². The molecule has 1 aliphatic rings. The maximum Gasteiger partial charge on any atom is 0.194 e. The van der Waals surface area contributed by atoms with Crippen molar-refractivity contribution in [3.05, 3.63) is 52.8 Å². The number of aromatic nitrogens is 2. The van der Waals surface area contributed by atoms with Crippen LogP contribution in [0.3, 0.4) is 0 Å². The monoisotopic (exact) mass is 426 g/mol. The van der Waals surface area contributed by atoms with Gasteiger partial charge in [-0.15, -0.1) is 0 Å². The maximum absolute atomic E-state index is 5.44. The maximum atomic E-state index is 5.44. The van der Waals surface area contributed by atoms with E-state index in [0.29, 0.717) is 12.5 Å². The number of ether oxygens (including phenoxy) is 1. The molecule has 1 saturated heterocycles. The standard InChI is InChI=1S/C24H38N6O/c1-6-25-24(28(4)17-22-18-29(5)27-23(22)19(2)3)26-15-20-7-9-21(10-8-20)16-30-11-13-31-14-12-30/h7-10,18-19H,6,11-17H2,1-5H3,(H,25,26). The van der Waals surface area contributed by atoms with E-state index in [4.69, 9.17) is 9.73 Å². The molecule has 1 fully saturated rings. The molecule has 0 spiro atoms. The minimum absolute atomic E-state index is 0.403. The molecule has 2 heterocycles. The van der Waals surface area contributed by atoms with Gasteiger partial charge < -0.3 is 15.0 Å². The lowest BCUT2D eigenvalue weighted by Crippen LogP contribution is -2.38. The van der Waals surface area contributed by atoms with Crippen LogP contribution >= 0.6 is 0 Å². The first kappa shape index (κ1) is 23.3. The summed E-state index contributed by atoms with van der Waals surface area (Å²) in [7, 11) is 4.07. The quantitative estimate of drug-likeness (QED) is 0.520. The Morgan fingerprint density at radius 3 is 2.52 bits per heavy atom. The second kappa shape index (κ2) is 11.3. The summed E-state index contributed by atoms with van der Waals surface area (Å²) < 4.78 is 7.34. The van der Waals surface area contributed by atoms with Crippen molar-refractivity contribution >= 4 is 5.96 Å². The average Bonchev–Trinajstić information content (AvgIpc) is 3.13. The van der Waals surface area contributed by atoms with Gasteiger partial charge >= 0.3 is 0 Å². The third kappa shape index (κ3) is 6.80. The number of rotatable bonds is 8. The van der Waals surface area contributed by atoms with Crippen LogP contribution in [-0.2, 0) is 31.4 Å². The molecule has 31 heavy (non-hydrogen) atoms. The topological polar surface area (TPSA) is 57.9 Å². The Kier molecular flexibility index (Phi) is 8.49. The molecule has 1 aromatic carbocycles. The van der Waals surface area contributed by atoms with E-state index < -0.39 is 0 Å². The van der Waals surface area contributed by atoms with E-state index in [9.17, 15) is 0 Å². The summed E-state index contributed by atoms with van der Waals surface area (Å²) in [6.45, 7) is 13.5. The van der Waals surface area contributed by atoms with Gasteiger partial charge in [-0.1, -0.05) is 38.1 Å². The van der Waals surface area contributed by atoms with Crippen LogP contribution < -0.4 is 5.32 Å². The first-order valence-electron chi connectivity index (χ1n) is 11.4. The summed E-state index contributed by atoms with van der Waals surface area (Å²) >= 11 is 0. The number of nitrogens with zero attached hydrogens (tertiary/aromatic N) is 5. The van der Waals surface area contributed by atoms with Gasteiger partial charge in [-0.05, 0) is 24.0 Å². The number of hydrogen-bond acceptors (Lipinski definition) is 4. The zero-order chi connectivity index (χ0) is 22.2. The molecule has 1 aromatic heterocycles. The summed E-state index contributed by atoms with van der Waals surface area (Å²) in [5.74, 6) is 1.32. The second-order valence-electron chi connectivity index (χ2n) is 8.60. The van der Waals surface area contributed by atoms with Crippen LogP contribution in [0.25, 0.3) is 0 Å². The summed E-state index contributed by atoms with van der Waals surface area (Å²) in [5, 5.41) is 8.06. The predicted molar refractivity (Wildman–Crippen MR) is 126 cm³/mol. The first-order chi connectivity index (χ1) is 15.0. The lowest BCUT2D eigenvalue weighted by Gasteiger charge is -2.26. The van der Waals surface area contributed by atoms with Crippen LogP contribution in [0, 0.1) is 0 Å². The van der Waals surface area contributed by atoms with Crippen molar-refractivity contribution in [2.24, 2.45) is 12.0 Å². The van der Waals surface area contributed by atoms with E-state index in [1.807, 2.05) is 11.7 Å². The van der Waals surface area contributed by atoms with Crippen LogP contribution in [0.1, 0.15) is 49.1 Å². The fourth-order valence-electron chi connectivity index (χ4n) is 3.90. The molecule has 0 saturated carbocycles. The highest BCUT2D eigenvalue weighted by Crippen LogP contribution is 2.18. The zero-order valence-electron chi connectivity index (χ0n) is 19.8. The summed E-state index contributed by atoms with van der Waals surface area (Å²) in [5.41, 5.74) is 4.97. The smallest absolute Gasteiger partial charge is 0.194 e. The minimum Gasteiger partial charge on any atom is -0.379 e. The third-order valence-electron chi connectivity index (χ3n) is 5.53. The van der Waals surface area contributed by atoms with Crippen LogP contribution in [0.2, 0.25) is 0 Å². The van der Waals surface area contributed by atoms with Crippen molar-refractivity contribution in [2.75, 3.05) is 39.9 Å². The van der Waals surface area contributed by atoms with Crippen LogP contribution in [-0.4, -0.2) is 65.4 Å². The van der Waals surface area contributed by atoms with Gasteiger partial charge in [0.1, 0.15) is 0 Å². The van der Waals surface area contributed by atoms with Gasteiger partial charge in [0.15, 0.2) is 5.96 Å². The first-order valence-corrected chi connectivity index (χ1v) is 11.4. The number of morpholine rings is 1. The van der Waals surface area contributed by atoms with E-state index in [-0.39, 0.29) is 0 Å². The highest BCUT2D eigenvalue weighted by atomic mass is 16.5. The van der Waals surface area contributed by atoms with Gasteiger partial charge in [0.25, 0.3) is 0 Å². The largest absolute Gasteiger partial charge is 0.379 e. The lowest BCUT2D eigenvalue weighted by molar-refractivity contribution is 0.0342. The molecular formula is C24H38N6O. The van der Waals surface area contributed by atoms with Crippen molar-refractivity contribution in [1.82, 2.24) is 24.9 Å². The van der Waals surface area contributed by atoms with Crippen molar-refractivity contribution < 1.29 is 4.74 Å². The normalized spacial score (nSPS) is 15.5. The number of aliphatic imine (C=N–C) groups is 1. The molecule has 0 aliphatic carbocycles. The molecule has 0 bridgehead atoms. The number of benzene rings is 1. The molecule has 170 valence electrons. The number of hydrogen-bond donors (Lipinski definition) is 1. The summed E-state index contributed by atoms with van der Waals surface area (Å²) in [4.78, 5) is 9.51. The molecular weight excluding hydrogens is 388 g/mol. The van der Waals surface area contributed by atoms with Crippen molar-refractivity contribution in [2.45, 2.75) is 46.3 Å². The molecule has 7 heteroatoms. The molecule has 1 N–H and O–H groups in total. The van der Waals surface area contributed by atoms with E-state index in [0.717, 1.165) is 57.6 Å². The Morgan fingerprint density at radius 1 is 1.19 bits per heavy atom. The molecule has 0 radical (unpaired) electrons. The third-order valence-corrected chi connectivity index (χ3v) is 5.53. The Balaban J connectivity index is 1.62. The van der Waals surface area contributed by atoms with E-state index in [1.54, 1.807) is 0 Å². The van der Waals surface area contributed by atoms with Gasteiger partial charge in [0.2, 0.25) is 0 Å². The van der Waals surface area contributed by atoms with Gasteiger partial charge in [-0.25, -0.2) is 4.99 Å². The molecule has 7 nitrogen and oxygen atoms in total. The van der Waals surface area contributed by atoms with Crippen LogP contribution in [0.5, 0.6) is 0 Å². The molecule has 2 aromatic rings. The molecule has 0 unspecified atom stereocenters.